The number of rotatable bonds is 1. The highest BCUT2D eigenvalue weighted by Gasteiger charge is 2.64. The minimum absolute atomic E-state index is 0.0455. The molecule has 1 N–H and O–H groups in total. The van der Waals surface area contributed by atoms with Crippen molar-refractivity contribution in [3.8, 4) is 11.5 Å². The molecule has 22 heavy (non-hydrogen) atoms. The lowest BCUT2D eigenvalue weighted by Crippen LogP contribution is -2.64. The molecule has 2 bridgehead atoms. The van der Waals surface area contributed by atoms with Crippen molar-refractivity contribution in [2.75, 3.05) is 20.6 Å². The first-order chi connectivity index (χ1) is 15.3. The highest BCUT2D eigenvalue weighted by Crippen LogP contribution is 2.62. The monoisotopic (exact) mass is 311 g/mol. The normalized spacial score (nSPS) is 59.1. The minimum atomic E-state index is -3.05. The lowest BCUT2D eigenvalue weighted by atomic mass is 9.53. The van der Waals surface area contributed by atoms with Gasteiger partial charge in [-0.1, -0.05) is 18.2 Å². The quantitative estimate of drug-likeness (QED) is 0.798. The average Bonchev–Trinajstić information content (AvgIpc) is 2.99. The Morgan fingerprint density at radius 1 is 1.59 bits per heavy atom. The number of likely N-dealkylation sites (tertiary alicyclic amines) is 1. The van der Waals surface area contributed by atoms with Crippen LogP contribution < -0.4 is 9.47 Å². The van der Waals surface area contributed by atoms with Gasteiger partial charge < -0.3 is 19.5 Å². The number of ether oxygens (including phenoxy) is 2. The van der Waals surface area contributed by atoms with Gasteiger partial charge in [0.25, 0.3) is 0 Å². The predicted octanol–water partition coefficient (Wildman–Crippen LogP) is 1.50. The van der Waals surface area contributed by atoms with E-state index in [1.54, 1.807) is 0 Å². The number of aliphatic hydroxyl groups is 1. The van der Waals surface area contributed by atoms with Crippen molar-refractivity contribution in [3.05, 3.63) is 35.4 Å². The number of hydrogen-bond donors (Lipinski definition) is 1. The summed E-state index contributed by atoms with van der Waals surface area (Å²) in [5.74, 6) is -2.26. The van der Waals surface area contributed by atoms with E-state index in [1.807, 2.05) is 0 Å². The smallest absolute Gasteiger partial charge is 0.165 e. The molecule has 4 aliphatic rings. The zero-order valence-corrected chi connectivity index (χ0v) is 11.4. The van der Waals surface area contributed by atoms with Gasteiger partial charge in [-0.25, -0.2) is 0 Å². The van der Waals surface area contributed by atoms with Gasteiger partial charge in [0.1, 0.15) is 12.2 Å². The molecule has 0 radical (unpaired) electrons. The van der Waals surface area contributed by atoms with Gasteiger partial charge in [0.05, 0.1) is 15.3 Å². The summed E-state index contributed by atoms with van der Waals surface area (Å²) in [7, 11) is -3.05. The fourth-order valence-electron chi connectivity index (χ4n) is 4.24. The Morgan fingerprint density at radius 2 is 2.55 bits per heavy atom. The molecule has 2 aliphatic heterocycles. The Kier molecular flexibility index (Phi) is 1.08. The Bertz CT molecular complexity index is 1130. The second kappa shape index (κ2) is 4.06. The molecule has 4 heteroatoms. The summed E-state index contributed by atoms with van der Waals surface area (Å²) in [6.07, 6.45) is -4.56. The van der Waals surface area contributed by atoms with Crippen molar-refractivity contribution in [1.29, 1.82) is 0 Å². The van der Waals surface area contributed by atoms with Gasteiger partial charge in [-0.05, 0) is 37.9 Å². The molecule has 1 spiro atoms. The number of benzene rings is 1. The van der Waals surface area contributed by atoms with E-state index in [2.05, 4.69) is 0 Å². The van der Waals surface area contributed by atoms with Crippen molar-refractivity contribution < 1.29 is 31.0 Å². The van der Waals surface area contributed by atoms with Crippen molar-refractivity contribution in [1.82, 2.24) is 4.90 Å². The first kappa shape index (κ1) is 5.84. The van der Waals surface area contributed by atoms with Crippen LogP contribution in [-0.2, 0) is 11.8 Å². The maximum absolute atomic E-state index is 10.9. The van der Waals surface area contributed by atoms with Gasteiger partial charge in [0.2, 0.25) is 0 Å². The van der Waals surface area contributed by atoms with Crippen LogP contribution in [0.4, 0.5) is 0 Å². The van der Waals surface area contributed by atoms with Gasteiger partial charge >= 0.3 is 0 Å². The van der Waals surface area contributed by atoms with E-state index in [1.165, 1.54) is 6.08 Å². The van der Waals surface area contributed by atoms with Crippen molar-refractivity contribution in [3.63, 3.8) is 0 Å². The van der Waals surface area contributed by atoms with E-state index in [-0.39, 0.29) is 24.3 Å². The Labute approximate surface area is 147 Å². The highest BCUT2D eigenvalue weighted by molar-refractivity contribution is 5.62. The maximum atomic E-state index is 10.9. The molecule has 2 unspecified atom stereocenters. The van der Waals surface area contributed by atoms with E-state index in [9.17, 15) is 6.48 Å². The average molecular weight is 311 g/mol. The van der Waals surface area contributed by atoms with Crippen LogP contribution >= 0.6 is 0 Å². The van der Waals surface area contributed by atoms with Crippen molar-refractivity contribution in [2.24, 2.45) is 5.92 Å². The lowest BCUT2D eigenvalue weighted by molar-refractivity contribution is -0.0453. The third-order valence-corrected chi connectivity index (χ3v) is 5.13. The standard InChI is InChI=1S/C18H21NO3/c1-19-8-7-18-11-4-5-13(20)17(18)22-16-14(21-2)6-3-10(15(16)18)9-12(11)19/h3-6,11-13,17,20H,7-9H2,1-2H3/t11-,12+,13?,17?,18-/m0/s1/i1D3,2D3,3D,6D,9D2,12D,13D. The van der Waals surface area contributed by atoms with E-state index in [0.717, 1.165) is 11.0 Å². The lowest BCUT2D eigenvalue weighted by Gasteiger charge is -2.56. The molecule has 1 fully saturated rings. The van der Waals surface area contributed by atoms with E-state index in [4.69, 9.17) is 24.6 Å². The minimum Gasteiger partial charge on any atom is -0.493 e. The van der Waals surface area contributed by atoms with Gasteiger partial charge in [-0.15, -0.1) is 0 Å². The number of methoxy groups -OCH3 is 1. The molecule has 0 saturated carbocycles. The first-order valence-corrected chi connectivity index (χ1v) is 7.05. The molecular formula is C18H21NO3. The van der Waals surface area contributed by atoms with Gasteiger partial charge in [0.15, 0.2) is 11.5 Å². The molecule has 1 aromatic carbocycles. The van der Waals surface area contributed by atoms with Crippen molar-refractivity contribution >= 4 is 0 Å². The molecular weight excluding hydrogens is 278 g/mol. The van der Waals surface area contributed by atoms with Crippen LogP contribution in [0.15, 0.2) is 24.2 Å². The van der Waals surface area contributed by atoms with Crippen LogP contribution in [0.2, 0.25) is 0 Å². The topological polar surface area (TPSA) is 41.9 Å². The van der Waals surface area contributed by atoms with E-state index < -0.39 is 73.3 Å². The summed E-state index contributed by atoms with van der Waals surface area (Å²) >= 11 is 0. The molecule has 0 aromatic heterocycles. The second-order valence-corrected chi connectivity index (χ2v) is 5.97. The van der Waals surface area contributed by atoms with E-state index in [0.29, 0.717) is 0 Å². The Hall–Kier alpha value is -1.52. The number of piperidine rings is 1. The van der Waals surface area contributed by atoms with Crippen LogP contribution in [0.3, 0.4) is 0 Å². The SMILES string of the molecule is [2H]c1c([2H])c2c3c(c1OC([2H])([2H])[2H])OC1C([2H])(O)C=C[C@@H]4[C@@]31CCN(C([2H])([2H])[2H])[C@]4([2H])C2([2H])[2H]. The summed E-state index contributed by atoms with van der Waals surface area (Å²) in [6, 6.07) is -4.10. The summed E-state index contributed by atoms with van der Waals surface area (Å²) in [5, 5.41) is 10.9. The van der Waals surface area contributed by atoms with Crippen LogP contribution in [0.1, 0.15) is 34.0 Å². The summed E-state index contributed by atoms with van der Waals surface area (Å²) < 4.78 is 110. The molecule has 5 rings (SSSR count). The Morgan fingerprint density at radius 3 is 3.41 bits per heavy atom. The zero-order chi connectivity index (χ0) is 25.4. The summed E-state index contributed by atoms with van der Waals surface area (Å²) in [5.41, 5.74) is -2.06. The second-order valence-electron chi connectivity index (χ2n) is 5.97. The fourth-order valence-corrected chi connectivity index (χ4v) is 4.24. The van der Waals surface area contributed by atoms with Crippen LogP contribution in [-0.4, -0.2) is 48.8 Å². The third-order valence-electron chi connectivity index (χ3n) is 5.13. The summed E-state index contributed by atoms with van der Waals surface area (Å²) in [6.45, 7) is -3.20. The molecule has 4 nitrogen and oxygen atoms in total. The largest absolute Gasteiger partial charge is 0.493 e. The predicted molar refractivity (Wildman–Crippen MR) is 82.5 cm³/mol. The number of hydrogen-bond acceptors (Lipinski definition) is 4. The summed E-state index contributed by atoms with van der Waals surface area (Å²) in [4.78, 5) is 0.739. The van der Waals surface area contributed by atoms with Gasteiger partial charge in [-0.3, -0.25) is 0 Å². The van der Waals surface area contributed by atoms with E-state index >= 15 is 0 Å². The molecule has 1 aromatic rings. The molecule has 2 aliphatic carbocycles. The van der Waals surface area contributed by atoms with Crippen LogP contribution in [0.5, 0.6) is 11.5 Å². The highest BCUT2D eigenvalue weighted by atomic mass is 16.5. The van der Waals surface area contributed by atoms with Crippen LogP contribution in [0.25, 0.3) is 0 Å². The van der Waals surface area contributed by atoms with Crippen LogP contribution in [0, 0.1) is 5.92 Å². The van der Waals surface area contributed by atoms with Crippen molar-refractivity contribution in [2.45, 2.75) is 36.4 Å². The molecule has 5 atom stereocenters. The molecule has 1 saturated heterocycles. The fraction of sp³-hybridized carbons (Fsp3) is 0.556. The Balaban J connectivity index is 1.93. The molecule has 116 valence electrons. The van der Waals surface area contributed by atoms with Gasteiger partial charge in [-0.2, -0.15) is 0 Å². The maximum Gasteiger partial charge on any atom is 0.165 e. The zero-order valence-electron chi connectivity index (χ0n) is 23.4. The van der Waals surface area contributed by atoms with Gasteiger partial charge in [0, 0.05) is 31.1 Å². The number of nitrogens with zero attached hydrogens (tertiary/aromatic N) is 1. The molecule has 0 amide bonds. The first-order valence-electron chi connectivity index (χ1n) is 13.0. The number of likely N-dealkylation sites (N-methyl/N-ethyl adjacent to an activating group) is 1. The molecule has 2 heterocycles. The third kappa shape index (κ3) is 1.28.